The Balaban J connectivity index is 1.88. The first-order chi connectivity index (χ1) is 11.8. The molecule has 1 atom stereocenters. The van der Waals surface area contributed by atoms with Gasteiger partial charge in [-0.3, -0.25) is 0 Å². The Morgan fingerprint density at radius 3 is 2.68 bits per heavy atom. The number of benzene rings is 1. The van der Waals surface area contributed by atoms with Crippen molar-refractivity contribution in [2.45, 2.75) is 19.2 Å². The number of alkyl halides is 3. The van der Waals surface area contributed by atoms with Crippen LogP contribution in [0.25, 0.3) is 5.78 Å². The summed E-state index contributed by atoms with van der Waals surface area (Å²) < 4.78 is 39.3. The second-order valence-electron chi connectivity index (χ2n) is 5.35. The number of aromatic nitrogens is 4. The van der Waals surface area contributed by atoms with E-state index in [0.29, 0.717) is 16.3 Å². The van der Waals surface area contributed by atoms with Gasteiger partial charge in [-0.05, 0) is 13.0 Å². The highest BCUT2D eigenvalue weighted by molar-refractivity contribution is 6.31. The largest absolute Gasteiger partial charge is 0.453 e. The summed E-state index contributed by atoms with van der Waals surface area (Å²) in [5.41, 5.74) is 0.969. The average molecular weight is 372 g/mol. The second kappa shape index (κ2) is 6.49. The van der Waals surface area contributed by atoms with E-state index in [1.54, 1.807) is 31.2 Å². The molecule has 132 valence electrons. The van der Waals surface area contributed by atoms with Gasteiger partial charge in [0.05, 0.1) is 6.10 Å². The molecule has 1 unspecified atom stereocenters. The zero-order valence-electron chi connectivity index (χ0n) is 12.9. The van der Waals surface area contributed by atoms with Gasteiger partial charge in [0, 0.05) is 28.9 Å². The molecule has 0 bridgehead atoms. The number of nitrogens with one attached hydrogen (secondary N) is 1. The molecule has 2 heterocycles. The van der Waals surface area contributed by atoms with Crippen molar-refractivity contribution >= 4 is 23.2 Å². The van der Waals surface area contributed by atoms with Crippen LogP contribution in [0, 0.1) is 6.92 Å². The predicted octanol–water partition coefficient (Wildman–Crippen LogP) is 3.25. The lowest BCUT2D eigenvalue weighted by atomic mass is 10.1. The zero-order valence-corrected chi connectivity index (χ0v) is 13.7. The summed E-state index contributed by atoms with van der Waals surface area (Å²) in [6.07, 6.45) is -5.63. The van der Waals surface area contributed by atoms with E-state index in [9.17, 15) is 18.3 Å². The number of aryl methyl sites for hydroxylation is 1. The van der Waals surface area contributed by atoms with E-state index in [4.69, 9.17) is 11.6 Å². The van der Waals surface area contributed by atoms with Crippen LogP contribution in [-0.4, -0.2) is 31.2 Å². The van der Waals surface area contributed by atoms with Gasteiger partial charge in [-0.15, -0.1) is 5.10 Å². The molecular weight excluding hydrogens is 359 g/mol. The van der Waals surface area contributed by atoms with E-state index >= 15 is 0 Å². The first kappa shape index (κ1) is 17.4. The van der Waals surface area contributed by atoms with Crippen molar-refractivity contribution in [3.8, 4) is 0 Å². The normalized spacial score (nSPS) is 13.2. The van der Waals surface area contributed by atoms with E-state index in [1.165, 1.54) is 6.07 Å². The number of hydrogen-bond acceptors (Lipinski definition) is 5. The van der Waals surface area contributed by atoms with Gasteiger partial charge in [-0.1, -0.05) is 29.8 Å². The quantitative estimate of drug-likeness (QED) is 0.736. The van der Waals surface area contributed by atoms with E-state index in [-0.39, 0.29) is 18.1 Å². The summed E-state index contributed by atoms with van der Waals surface area (Å²) in [6, 6.07) is 8.28. The summed E-state index contributed by atoms with van der Waals surface area (Å²) in [6.45, 7) is 1.64. The Morgan fingerprint density at radius 1 is 1.28 bits per heavy atom. The van der Waals surface area contributed by atoms with E-state index in [0.717, 1.165) is 4.52 Å². The van der Waals surface area contributed by atoms with E-state index in [2.05, 4.69) is 20.4 Å². The van der Waals surface area contributed by atoms with Crippen LogP contribution in [0.5, 0.6) is 0 Å². The van der Waals surface area contributed by atoms with Crippen molar-refractivity contribution in [1.82, 2.24) is 19.6 Å². The molecule has 0 radical (unpaired) electrons. The minimum atomic E-state index is -4.67. The second-order valence-corrected chi connectivity index (χ2v) is 5.75. The third-order valence-electron chi connectivity index (χ3n) is 3.43. The van der Waals surface area contributed by atoms with Crippen LogP contribution in [0.2, 0.25) is 5.02 Å². The fourth-order valence-corrected chi connectivity index (χ4v) is 2.55. The number of anilines is 1. The minimum Gasteiger partial charge on any atom is -0.387 e. The predicted molar refractivity (Wildman–Crippen MR) is 85.4 cm³/mol. The van der Waals surface area contributed by atoms with Crippen LogP contribution in [0.1, 0.15) is 23.2 Å². The van der Waals surface area contributed by atoms with Crippen LogP contribution in [0.3, 0.4) is 0 Å². The maximum atomic E-state index is 12.8. The lowest BCUT2D eigenvalue weighted by Crippen LogP contribution is -2.15. The monoisotopic (exact) mass is 371 g/mol. The Hall–Kier alpha value is -2.39. The van der Waals surface area contributed by atoms with Crippen LogP contribution in [-0.2, 0) is 6.18 Å². The fraction of sp³-hybridized carbons (Fsp3) is 0.267. The Bertz CT molecular complexity index is 912. The standard InChI is InChI=1S/C15H13ClF3N5O/c1-8-6-12(20-7-11(25)9-4-2-3-5-10(9)16)24-14(21-8)22-13(23-24)15(17,18)19/h2-6,11,20,25H,7H2,1H3. The van der Waals surface area contributed by atoms with Crippen molar-refractivity contribution in [3.63, 3.8) is 0 Å². The summed E-state index contributed by atoms with van der Waals surface area (Å²) in [7, 11) is 0. The molecule has 0 aliphatic carbocycles. The highest BCUT2D eigenvalue weighted by Crippen LogP contribution is 2.27. The Morgan fingerprint density at radius 2 is 2.00 bits per heavy atom. The van der Waals surface area contributed by atoms with Crippen LogP contribution < -0.4 is 5.32 Å². The molecular formula is C15H13ClF3N5O. The molecule has 0 saturated carbocycles. The van der Waals surface area contributed by atoms with Gasteiger partial charge >= 0.3 is 6.18 Å². The van der Waals surface area contributed by atoms with Crippen LogP contribution in [0.4, 0.5) is 19.0 Å². The maximum absolute atomic E-state index is 12.8. The van der Waals surface area contributed by atoms with Gasteiger partial charge in [0.2, 0.25) is 0 Å². The number of aliphatic hydroxyl groups excluding tert-OH is 1. The zero-order chi connectivity index (χ0) is 18.2. The Labute approximate surface area is 145 Å². The van der Waals surface area contributed by atoms with Gasteiger partial charge in [-0.25, -0.2) is 4.98 Å². The molecule has 1 aromatic carbocycles. The number of halogens is 4. The third kappa shape index (κ3) is 3.67. The fourth-order valence-electron chi connectivity index (χ4n) is 2.29. The molecule has 2 N–H and O–H groups in total. The number of hydrogen-bond donors (Lipinski definition) is 2. The van der Waals surface area contributed by atoms with Crippen molar-refractivity contribution in [1.29, 1.82) is 0 Å². The lowest BCUT2D eigenvalue weighted by molar-refractivity contribution is -0.144. The molecule has 2 aromatic heterocycles. The highest BCUT2D eigenvalue weighted by Gasteiger charge is 2.36. The number of fused-ring (bicyclic) bond motifs is 1. The first-order valence-corrected chi connectivity index (χ1v) is 7.61. The van der Waals surface area contributed by atoms with E-state index < -0.39 is 18.1 Å². The van der Waals surface area contributed by atoms with Crippen molar-refractivity contribution in [2.75, 3.05) is 11.9 Å². The number of nitrogens with zero attached hydrogens (tertiary/aromatic N) is 4. The average Bonchev–Trinajstić information content (AvgIpc) is 2.97. The summed E-state index contributed by atoms with van der Waals surface area (Å²) in [5.74, 6) is -1.22. The van der Waals surface area contributed by atoms with E-state index in [1.807, 2.05) is 0 Å². The molecule has 0 aliphatic rings. The molecule has 0 amide bonds. The van der Waals surface area contributed by atoms with Gasteiger partial charge in [-0.2, -0.15) is 22.7 Å². The third-order valence-corrected chi connectivity index (χ3v) is 3.78. The number of rotatable bonds is 4. The highest BCUT2D eigenvalue weighted by atomic mass is 35.5. The number of aliphatic hydroxyl groups is 1. The smallest absolute Gasteiger partial charge is 0.387 e. The molecule has 0 saturated heterocycles. The molecule has 0 spiro atoms. The minimum absolute atomic E-state index is 0.0174. The molecule has 10 heteroatoms. The summed E-state index contributed by atoms with van der Waals surface area (Å²) in [4.78, 5) is 7.33. The first-order valence-electron chi connectivity index (χ1n) is 7.23. The summed E-state index contributed by atoms with van der Waals surface area (Å²) in [5, 5.41) is 17.0. The molecule has 0 fully saturated rings. The summed E-state index contributed by atoms with van der Waals surface area (Å²) >= 11 is 6.02. The maximum Gasteiger partial charge on any atom is 0.453 e. The van der Waals surface area contributed by atoms with Gasteiger partial charge in [0.15, 0.2) is 0 Å². The van der Waals surface area contributed by atoms with Crippen LogP contribution in [0.15, 0.2) is 30.3 Å². The molecule has 3 rings (SSSR count). The van der Waals surface area contributed by atoms with Gasteiger partial charge in [0.25, 0.3) is 11.6 Å². The van der Waals surface area contributed by atoms with Crippen molar-refractivity contribution in [3.05, 3.63) is 52.4 Å². The van der Waals surface area contributed by atoms with Crippen molar-refractivity contribution in [2.24, 2.45) is 0 Å². The SMILES string of the molecule is Cc1cc(NCC(O)c2ccccc2Cl)n2nc(C(F)(F)F)nc2n1. The Kier molecular flexibility index (Phi) is 4.53. The lowest BCUT2D eigenvalue weighted by Gasteiger charge is -2.15. The molecule has 6 nitrogen and oxygen atoms in total. The van der Waals surface area contributed by atoms with Crippen molar-refractivity contribution < 1.29 is 18.3 Å². The topological polar surface area (TPSA) is 75.3 Å². The molecule has 3 aromatic rings. The molecule has 25 heavy (non-hydrogen) atoms. The van der Waals surface area contributed by atoms with Gasteiger partial charge < -0.3 is 10.4 Å². The van der Waals surface area contributed by atoms with Gasteiger partial charge in [0.1, 0.15) is 5.82 Å². The molecule has 0 aliphatic heterocycles. The van der Waals surface area contributed by atoms with Crippen LogP contribution >= 0.6 is 11.6 Å².